The number of para-hydroxylation sites is 1. The number of carbonyl (C=O) groups excluding carboxylic acids is 1. The van der Waals surface area contributed by atoms with Crippen LogP contribution in [0, 0.1) is 5.92 Å². The fraction of sp³-hybridized carbons (Fsp3) is 0.269. The number of benzene rings is 3. The number of sulfonamides is 1. The maximum absolute atomic E-state index is 13.5. The van der Waals surface area contributed by atoms with E-state index in [9.17, 15) is 13.2 Å². The lowest BCUT2D eigenvalue weighted by atomic mass is 9.90. The van der Waals surface area contributed by atoms with Crippen molar-refractivity contribution in [2.45, 2.75) is 24.2 Å². The van der Waals surface area contributed by atoms with Crippen LogP contribution in [0.1, 0.15) is 18.4 Å². The molecular formula is C26H27ClN2O3S. The molecule has 0 unspecified atom stereocenters. The Morgan fingerprint density at radius 2 is 1.45 bits per heavy atom. The summed E-state index contributed by atoms with van der Waals surface area (Å²) in [5.74, 6) is 0.303. The van der Waals surface area contributed by atoms with E-state index in [2.05, 4.69) is 12.1 Å². The second kappa shape index (κ2) is 10.4. The summed E-state index contributed by atoms with van der Waals surface area (Å²) in [6.07, 6.45) is 2.80. The van der Waals surface area contributed by atoms with Gasteiger partial charge < -0.3 is 4.90 Å². The minimum atomic E-state index is -3.96. The van der Waals surface area contributed by atoms with Crippen molar-refractivity contribution < 1.29 is 13.2 Å². The highest BCUT2D eigenvalue weighted by atomic mass is 35.5. The third-order valence-corrected chi connectivity index (χ3v) is 8.16. The molecule has 0 saturated carbocycles. The first-order valence-corrected chi connectivity index (χ1v) is 12.9. The SMILES string of the molecule is O=C(CN(c1ccccc1Cl)S(=O)(=O)c1ccccc1)N1CCC(Cc2ccccc2)CC1. The molecule has 1 fully saturated rings. The zero-order chi connectivity index (χ0) is 23.3. The average molecular weight is 483 g/mol. The maximum Gasteiger partial charge on any atom is 0.264 e. The topological polar surface area (TPSA) is 57.7 Å². The Hall–Kier alpha value is -2.83. The highest BCUT2D eigenvalue weighted by molar-refractivity contribution is 7.92. The Bertz CT molecular complexity index is 1180. The smallest absolute Gasteiger partial charge is 0.264 e. The predicted molar refractivity (Wildman–Crippen MR) is 132 cm³/mol. The van der Waals surface area contributed by atoms with Crippen LogP contribution in [0.25, 0.3) is 0 Å². The molecule has 172 valence electrons. The van der Waals surface area contributed by atoms with Crippen LogP contribution in [-0.2, 0) is 21.2 Å². The van der Waals surface area contributed by atoms with Gasteiger partial charge in [0.1, 0.15) is 6.54 Å². The molecule has 1 aliphatic rings. The molecule has 0 N–H and O–H groups in total. The molecule has 0 aromatic heterocycles. The van der Waals surface area contributed by atoms with E-state index in [-0.39, 0.29) is 22.4 Å². The third-order valence-electron chi connectivity index (χ3n) is 6.07. The first kappa shape index (κ1) is 23.3. The molecule has 1 amide bonds. The maximum atomic E-state index is 13.5. The molecule has 3 aromatic carbocycles. The first-order valence-electron chi connectivity index (χ1n) is 11.1. The molecule has 1 saturated heterocycles. The number of likely N-dealkylation sites (tertiary alicyclic amines) is 1. The van der Waals surface area contributed by atoms with Crippen LogP contribution in [0.4, 0.5) is 5.69 Å². The van der Waals surface area contributed by atoms with Crippen LogP contribution in [0.5, 0.6) is 0 Å². The lowest BCUT2D eigenvalue weighted by Crippen LogP contribution is -2.46. The summed E-state index contributed by atoms with van der Waals surface area (Å²) in [5, 5.41) is 0.284. The van der Waals surface area contributed by atoms with Gasteiger partial charge in [-0.25, -0.2) is 8.42 Å². The van der Waals surface area contributed by atoms with E-state index in [1.807, 2.05) is 18.2 Å². The number of hydrogen-bond donors (Lipinski definition) is 0. The van der Waals surface area contributed by atoms with Crippen molar-refractivity contribution in [2.75, 3.05) is 23.9 Å². The van der Waals surface area contributed by atoms with Gasteiger partial charge in [0.15, 0.2) is 0 Å². The lowest BCUT2D eigenvalue weighted by molar-refractivity contribution is -0.130. The largest absolute Gasteiger partial charge is 0.341 e. The van der Waals surface area contributed by atoms with Gasteiger partial charge in [-0.3, -0.25) is 9.10 Å². The van der Waals surface area contributed by atoms with Crippen molar-refractivity contribution in [3.05, 3.63) is 95.5 Å². The van der Waals surface area contributed by atoms with Gasteiger partial charge in [0, 0.05) is 13.1 Å². The van der Waals surface area contributed by atoms with Gasteiger partial charge >= 0.3 is 0 Å². The summed E-state index contributed by atoms with van der Waals surface area (Å²) in [6.45, 7) is 0.959. The number of anilines is 1. The lowest BCUT2D eigenvalue weighted by Gasteiger charge is -2.34. The number of piperidine rings is 1. The third kappa shape index (κ3) is 5.57. The van der Waals surface area contributed by atoms with Gasteiger partial charge in [-0.15, -0.1) is 0 Å². The van der Waals surface area contributed by atoms with Gasteiger partial charge in [0.2, 0.25) is 5.91 Å². The molecule has 7 heteroatoms. The Kier molecular flexibility index (Phi) is 7.36. The van der Waals surface area contributed by atoms with Crippen LogP contribution < -0.4 is 4.31 Å². The van der Waals surface area contributed by atoms with Gasteiger partial charge in [-0.2, -0.15) is 0 Å². The number of carbonyl (C=O) groups is 1. The minimum Gasteiger partial charge on any atom is -0.341 e. The molecule has 1 aliphatic heterocycles. The molecule has 3 aromatic rings. The Morgan fingerprint density at radius 1 is 0.879 bits per heavy atom. The summed E-state index contributed by atoms with van der Waals surface area (Å²) in [6, 6.07) is 25.2. The van der Waals surface area contributed by atoms with E-state index in [0.717, 1.165) is 23.6 Å². The van der Waals surface area contributed by atoms with Crippen LogP contribution in [0.2, 0.25) is 5.02 Å². The molecule has 0 bridgehead atoms. The standard InChI is InChI=1S/C26H27ClN2O3S/c27-24-13-7-8-14-25(24)29(33(31,32)23-11-5-2-6-12-23)20-26(30)28-17-15-22(16-18-28)19-21-9-3-1-4-10-21/h1-14,22H,15-20H2. The minimum absolute atomic E-state index is 0.124. The van der Waals surface area contributed by atoms with Crippen molar-refractivity contribution >= 4 is 33.2 Å². The Labute approximate surface area is 200 Å². The van der Waals surface area contributed by atoms with Crippen LogP contribution in [-0.4, -0.2) is 38.9 Å². The highest BCUT2D eigenvalue weighted by Crippen LogP contribution is 2.31. The summed E-state index contributed by atoms with van der Waals surface area (Å²) >= 11 is 6.35. The summed E-state index contributed by atoms with van der Waals surface area (Å²) in [4.78, 5) is 15.1. The van der Waals surface area contributed by atoms with E-state index >= 15 is 0 Å². The summed E-state index contributed by atoms with van der Waals surface area (Å²) < 4.78 is 28.0. The van der Waals surface area contributed by atoms with Crippen molar-refractivity contribution in [1.29, 1.82) is 0 Å². The van der Waals surface area contributed by atoms with Crippen LogP contribution in [0.3, 0.4) is 0 Å². The summed E-state index contributed by atoms with van der Waals surface area (Å²) in [5.41, 5.74) is 1.61. The van der Waals surface area contributed by atoms with Crippen molar-refractivity contribution in [3.8, 4) is 0 Å². The zero-order valence-electron chi connectivity index (χ0n) is 18.3. The quantitative estimate of drug-likeness (QED) is 0.475. The monoisotopic (exact) mass is 482 g/mol. The number of amides is 1. The molecule has 0 spiro atoms. The number of nitrogens with zero attached hydrogens (tertiary/aromatic N) is 2. The second-order valence-electron chi connectivity index (χ2n) is 8.29. The van der Waals surface area contributed by atoms with Crippen LogP contribution >= 0.6 is 11.6 Å². The molecule has 5 nitrogen and oxygen atoms in total. The van der Waals surface area contributed by atoms with Crippen molar-refractivity contribution in [3.63, 3.8) is 0 Å². The van der Waals surface area contributed by atoms with E-state index in [4.69, 9.17) is 11.6 Å². The average Bonchev–Trinajstić information content (AvgIpc) is 2.84. The highest BCUT2D eigenvalue weighted by Gasteiger charge is 2.31. The van der Waals surface area contributed by atoms with E-state index in [1.54, 1.807) is 47.4 Å². The molecule has 0 atom stereocenters. The normalized spacial score (nSPS) is 14.8. The summed E-state index contributed by atoms with van der Waals surface area (Å²) in [7, 11) is -3.96. The molecular weight excluding hydrogens is 456 g/mol. The Morgan fingerprint density at radius 3 is 2.09 bits per heavy atom. The van der Waals surface area contributed by atoms with Gasteiger partial charge in [0.05, 0.1) is 15.6 Å². The van der Waals surface area contributed by atoms with E-state index in [1.165, 1.54) is 17.7 Å². The van der Waals surface area contributed by atoms with Crippen molar-refractivity contribution in [2.24, 2.45) is 5.92 Å². The number of hydrogen-bond acceptors (Lipinski definition) is 3. The van der Waals surface area contributed by atoms with Gasteiger partial charge in [-0.05, 0) is 55.0 Å². The zero-order valence-corrected chi connectivity index (χ0v) is 19.9. The van der Waals surface area contributed by atoms with E-state index in [0.29, 0.717) is 24.7 Å². The molecule has 1 heterocycles. The molecule has 0 radical (unpaired) electrons. The fourth-order valence-electron chi connectivity index (χ4n) is 4.23. The van der Waals surface area contributed by atoms with Gasteiger partial charge in [-0.1, -0.05) is 72.3 Å². The van der Waals surface area contributed by atoms with E-state index < -0.39 is 10.0 Å². The Balaban J connectivity index is 1.49. The fourth-order valence-corrected chi connectivity index (χ4v) is 5.97. The van der Waals surface area contributed by atoms with Crippen molar-refractivity contribution in [1.82, 2.24) is 4.90 Å². The predicted octanol–water partition coefficient (Wildman–Crippen LogP) is 5.02. The molecule has 33 heavy (non-hydrogen) atoms. The second-order valence-corrected chi connectivity index (χ2v) is 10.6. The number of halogens is 1. The number of rotatable bonds is 7. The van der Waals surface area contributed by atoms with Crippen LogP contribution in [0.15, 0.2) is 89.8 Å². The molecule has 4 rings (SSSR count). The van der Waals surface area contributed by atoms with Gasteiger partial charge in [0.25, 0.3) is 10.0 Å². The first-order chi connectivity index (χ1) is 15.9. The molecule has 0 aliphatic carbocycles.